The zero-order chi connectivity index (χ0) is 25.0. The summed E-state index contributed by atoms with van der Waals surface area (Å²) in [5.41, 5.74) is 1.37. The monoisotopic (exact) mass is 529 g/mol. The van der Waals surface area contributed by atoms with Crippen LogP contribution >= 0.6 is 23.2 Å². The van der Waals surface area contributed by atoms with Crippen molar-refractivity contribution in [3.8, 4) is 0 Å². The SMILES string of the molecule is O=C1Nc2ccc(Cl)c(F)c2[C@@]2(CCCN(C(=O)c3nnc(Cc4cc(Cl)c5nc[nH]c5c4)[nH]3)C2)O1. The first-order valence-corrected chi connectivity index (χ1v) is 11.9. The fourth-order valence-corrected chi connectivity index (χ4v) is 5.38. The van der Waals surface area contributed by atoms with Crippen LogP contribution in [0.1, 0.15) is 40.4 Å². The number of nitrogens with zero attached hydrogens (tertiary/aromatic N) is 4. The van der Waals surface area contributed by atoms with Gasteiger partial charge in [-0.1, -0.05) is 23.2 Å². The summed E-state index contributed by atoms with van der Waals surface area (Å²) in [6, 6.07) is 6.58. The number of carbonyl (C=O) groups is 2. The first-order valence-electron chi connectivity index (χ1n) is 11.1. The van der Waals surface area contributed by atoms with Crippen molar-refractivity contribution >= 4 is 51.9 Å². The number of hydrogen-bond acceptors (Lipinski definition) is 6. The van der Waals surface area contributed by atoms with Crippen molar-refractivity contribution in [1.82, 2.24) is 30.0 Å². The second-order valence-electron chi connectivity index (χ2n) is 8.80. The molecule has 2 aliphatic rings. The van der Waals surface area contributed by atoms with Gasteiger partial charge in [-0.15, -0.1) is 10.2 Å². The predicted octanol–water partition coefficient (Wildman–Crippen LogP) is 4.41. The van der Waals surface area contributed by atoms with Gasteiger partial charge in [-0.3, -0.25) is 10.1 Å². The summed E-state index contributed by atoms with van der Waals surface area (Å²) in [6.07, 6.45) is 2.03. The van der Waals surface area contributed by atoms with Gasteiger partial charge in [0.25, 0.3) is 5.91 Å². The quantitative estimate of drug-likeness (QED) is 0.360. The maximum absolute atomic E-state index is 15.1. The minimum atomic E-state index is -1.36. The van der Waals surface area contributed by atoms with E-state index in [4.69, 9.17) is 27.9 Å². The second-order valence-corrected chi connectivity index (χ2v) is 9.61. The Labute approximate surface area is 213 Å². The number of likely N-dealkylation sites (tertiary alicyclic amines) is 1. The number of rotatable bonds is 3. The molecule has 10 nitrogen and oxygen atoms in total. The molecule has 2 aliphatic heterocycles. The maximum Gasteiger partial charge on any atom is 0.412 e. The van der Waals surface area contributed by atoms with Crippen LogP contribution in [-0.2, 0) is 16.8 Å². The Morgan fingerprint density at radius 1 is 1.22 bits per heavy atom. The molecule has 4 heterocycles. The number of nitrogens with one attached hydrogen (secondary N) is 3. The highest BCUT2D eigenvalue weighted by molar-refractivity contribution is 6.35. The predicted molar refractivity (Wildman–Crippen MR) is 129 cm³/mol. The number of halogens is 3. The van der Waals surface area contributed by atoms with Crippen molar-refractivity contribution in [2.75, 3.05) is 18.4 Å². The Morgan fingerprint density at radius 3 is 2.94 bits per heavy atom. The molecule has 0 bridgehead atoms. The molecule has 3 N–H and O–H groups in total. The van der Waals surface area contributed by atoms with Crippen LogP contribution in [0.15, 0.2) is 30.6 Å². The molecule has 0 unspecified atom stereocenters. The lowest BCUT2D eigenvalue weighted by Crippen LogP contribution is -2.53. The fourth-order valence-electron chi connectivity index (χ4n) is 4.93. The molecule has 1 saturated heterocycles. The van der Waals surface area contributed by atoms with E-state index in [2.05, 4.69) is 30.5 Å². The smallest absolute Gasteiger partial charge is 0.412 e. The number of fused-ring (bicyclic) bond motifs is 3. The molecule has 0 radical (unpaired) electrons. The van der Waals surface area contributed by atoms with Crippen molar-refractivity contribution < 1.29 is 18.7 Å². The van der Waals surface area contributed by atoms with Crippen LogP contribution in [0.2, 0.25) is 10.0 Å². The van der Waals surface area contributed by atoms with Crippen LogP contribution in [0, 0.1) is 5.82 Å². The Kier molecular flexibility index (Phi) is 5.34. The highest BCUT2D eigenvalue weighted by Gasteiger charge is 2.48. The van der Waals surface area contributed by atoms with Crippen LogP contribution in [-0.4, -0.2) is 55.1 Å². The summed E-state index contributed by atoms with van der Waals surface area (Å²) in [4.78, 5) is 37.2. The van der Waals surface area contributed by atoms with Gasteiger partial charge in [0.2, 0.25) is 5.82 Å². The lowest BCUT2D eigenvalue weighted by molar-refractivity contribution is -0.0420. The van der Waals surface area contributed by atoms with Gasteiger partial charge in [-0.2, -0.15) is 0 Å². The van der Waals surface area contributed by atoms with E-state index in [0.717, 1.165) is 11.1 Å². The number of carbonyl (C=O) groups excluding carboxylic acids is 2. The van der Waals surface area contributed by atoms with Gasteiger partial charge in [0.1, 0.15) is 11.3 Å². The lowest BCUT2D eigenvalue weighted by Gasteiger charge is -2.44. The van der Waals surface area contributed by atoms with Gasteiger partial charge in [0.15, 0.2) is 11.4 Å². The van der Waals surface area contributed by atoms with Gasteiger partial charge >= 0.3 is 6.09 Å². The molecule has 2 amide bonds. The van der Waals surface area contributed by atoms with Crippen molar-refractivity contribution in [3.63, 3.8) is 0 Å². The number of piperidine rings is 1. The number of benzene rings is 2. The van der Waals surface area contributed by atoms with Crippen molar-refractivity contribution in [1.29, 1.82) is 0 Å². The molecule has 0 aliphatic carbocycles. The van der Waals surface area contributed by atoms with E-state index in [9.17, 15) is 9.59 Å². The Morgan fingerprint density at radius 2 is 2.08 bits per heavy atom. The summed E-state index contributed by atoms with van der Waals surface area (Å²) in [6.45, 7) is 0.330. The molecular formula is C23H18Cl2FN7O3. The van der Waals surface area contributed by atoms with Crippen LogP contribution in [0.4, 0.5) is 14.9 Å². The molecular weight excluding hydrogens is 512 g/mol. The van der Waals surface area contributed by atoms with E-state index in [1.54, 1.807) is 12.4 Å². The molecule has 13 heteroatoms. The molecule has 6 rings (SSSR count). The van der Waals surface area contributed by atoms with Crippen molar-refractivity contribution in [2.45, 2.75) is 24.9 Å². The van der Waals surface area contributed by atoms with Crippen LogP contribution in [0.5, 0.6) is 0 Å². The molecule has 1 spiro atoms. The lowest BCUT2D eigenvalue weighted by atomic mass is 9.83. The average molecular weight is 530 g/mol. The first-order chi connectivity index (χ1) is 17.3. The summed E-state index contributed by atoms with van der Waals surface area (Å²) in [5.74, 6) is -0.619. The number of hydrogen-bond donors (Lipinski definition) is 3. The minimum Gasteiger partial charge on any atom is -0.436 e. The molecule has 184 valence electrons. The van der Waals surface area contributed by atoms with Gasteiger partial charge < -0.3 is 19.6 Å². The van der Waals surface area contributed by atoms with E-state index in [1.807, 2.05) is 6.07 Å². The fraction of sp³-hybridized carbons (Fsp3) is 0.261. The topological polar surface area (TPSA) is 129 Å². The number of anilines is 1. The van der Waals surface area contributed by atoms with Crippen molar-refractivity contribution in [3.05, 3.63) is 69.2 Å². The minimum absolute atomic E-state index is 0.0304. The second kappa shape index (κ2) is 8.45. The Hall–Kier alpha value is -3.70. The molecule has 2 aromatic carbocycles. The third-order valence-corrected chi connectivity index (χ3v) is 7.04. The highest BCUT2D eigenvalue weighted by Crippen LogP contribution is 2.45. The maximum atomic E-state index is 15.1. The molecule has 36 heavy (non-hydrogen) atoms. The standard InChI is InChI=1S/C23H18Cl2FN7O3/c24-12-2-3-14-17(18(12)26)23(36-22(35)29-14)4-1-5-33(9-23)21(34)20-30-16(31-32-20)8-11-6-13(25)19-15(7-11)27-10-28-19/h2-3,6-7,10H,1,4-5,8-9H2,(H,27,28)(H,29,35)(H,30,31,32)/t23-/m0/s1. The first kappa shape index (κ1) is 22.7. The molecule has 4 aromatic rings. The average Bonchev–Trinajstić information content (AvgIpc) is 3.51. The molecule has 1 fully saturated rings. The zero-order valence-corrected chi connectivity index (χ0v) is 20.1. The number of amides is 2. The van der Waals surface area contributed by atoms with E-state index in [0.29, 0.717) is 42.2 Å². The van der Waals surface area contributed by atoms with E-state index in [-0.39, 0.29) is 28.6 Å². The Bertz CT molecular complexity index is 1540. The number of H-pyrrole nitrogens is 2. The number of imidazole rings is 1. The normalized spacial score (nSPS) is 19.3. The van der Waals surface area contributed by atoms with Gasteiger partial charge in [-0.25, -0.2) is 14.2 Å². The molecule has 2 aromatic heterocycles. The zero-order valence-electron chi connectivity index (χ0n) is 18.6. The van der Waals surface area contributed by atoms with E-state index in [1.165, 1.54) is 17.0 Å². The van der Waals surface area contributed by atoms with Gasteiger partial charge in [-0.05, 0) is 42.7 Å². The third kappa shape index (κ3) is 3.75. The van der Waals surface area contributed by atoms with Gasteiger partial charge in [0, 0.05) is 13.0 Å². The largest absolute Gasteiger partial charge is 0.436 e. The summed E-state index contributed by atoms with van der Waals surface area (Å²) >= 11 is 12.3. The number of aromatic nitrogens is 5. The van der Waals surface area contributed by atoms with E-state index >= 15 is 4.39 Å². The number of ether oxygens (including phenoxy) is 1. The van der Waals surface area contributed by atoms with Gasteiger partial charge in [0.05, 0.1) is 39.7 Å². The van der Waals surface area contributed by atoms with Crippen LogP contribution in [0.25, 0.3) is 11.0 Å². The molecule has 1 atom stereocenters. The van der Waals surface area contributed by atoms with E-state index < -0.39 is 23.4 Å². The summed E-state index contributed by atoms with van der Waals surface area (Å²) in [5, 5.41) is 11.0. The number of aromatic amines is 2. The highest BCUT2D eigenvalue weighted by atomic mass is 35.5. The third-order valence-electron chi connectivity index (χ3n) is 6.46. The summed E-state index contributed by atoms with van der Waals surface area (Å²) in [7, 11) is 0. The molecule has 0 saturated carbocycles. The van der Waals surface area contributed by atoms with Crippen molar-refractivity contribution in [2.24, 2.45) is 0 Å². The van der Waals surface area contributed by atoms with Crippen LogP contribution in [0.3, 0.4) is 0 Å². The Balaban J connectivity index is 1.25. The summed E-state index contributed by atoms with van der Waals surface area (Å²) < 4.78 is 20.7. The van der Waals surface area contributed by atoms with Crippen LogP contribution < -0.4 is 5.32 Å².